The van der Waals surface area contributed by atoms with Crippen molar-refractivity contribution in [3.8, 4) is 11.4 Å². The molecular formula is C22H24N2O4S. The van der Waals surface area contributed by atoms with E-state index >= 15 is 0 Å². The van der Waals surface area contributed by atoms with Crippen molar-refractivity contribution in [3.63, 3.8) is 0 Å². The number of methoxy groups -OCH3 is 1. The summed E-state index contributed by atoms with van der Waals surface area (Å²) in [5.74, 6) is 0.0319. The third kappa shape index (κ3) is 3.72. The minimum absolute atomic E-state index is 0.151. The van der Waals surface area contributed by atoms with Crippen LogP contribution >= 0.6 is 11.3 Å². The molecule has 2 aromatic heterocycles. The number of esters is 1. The largest absolute Gasteiger partial charge is 0.462 e. The quantitative estimate of drug-likeness (QED) is 0.455. The van der Waals surface area contributed by atoms with E-state index in [1.54, 1.807) is 25.4 Å². The maximum atomic E-state index is 13.6. The SMILES string of the molecule is COCCOC(=O)C(C)n1c(-c2ccccc2)nc2sc3c(c2c1=O)CCCC3. The van der Waals surface area contributed by atoms with Crippen LogP contribution in [0.5, 0.6) is 0 Å². The predicted octanol–water partition coefficient (Wildman–Crippen LogP) is 3.75. The maximum Gasteiger partial charge on any atom is 0.329 e. The smallest absolute Gasteiger partial charge is 0.329 e. The molecule has 0 spiro atoms. The van der Waals surface area contributed by atoms with Crippen molar-refractivity contribution in [1.29, 1.82) is 0 Å². The highest BCUT2D eigenvalue weighted by Crippen LogP contribution is 2.35. The summed E-state index contributed by atoms with van der Waals surface area (Å²) in [5, 5.41) is 0.668. The van der Waals surface area contributed by atoms with Crippen molar-refractivity contribution in [2.24, 2.45) is 0 Å². The second-order valence-electron chi connectivity index (χ2n) is 7.20. The summed E-state index contributed by atoms with van der Waals surface area (Å²) in [4.78, 5) is 33.2. The van der Waals surface area contributed by atoms with Crippen LogP contribution in [-0.2, 0) is 27.1 Å². The van der Waals surface area contributed by atoms with Gasteiger partial charge in [-0.15, -0.1) is 11.3 Å². The highest BCUT2D eigenvalue weighted by molar-refractivity contribution is 7.18. The van der Waals surface area contributed by atoms with Crippen molar-refractivity contribution in [3.05, 3.63) is 51.1 Å². The number of thiophene rings is 1. The molecule has 0 saturated heterocycles. The Morgan fingerprint density at radius 2 is 1.97 bits per heavy atom. The maximum absolute atomic E-state index is 13.6. The monoisotopic (exact) mass is 412 g/mol. The molecule has 4 rings (SSSR count). The van der Waals surface area contributed by atoms with Crippen molar-refractivity contribution >= 4 is 27.5 Å². The minimum atomic E-state index is -0.786. The summed E-state index contributed by atoms with van der Waals surface area (Å²) in [7, 11) is 1.55. The van der Waals surface area contributed by atoms with Crippen LogP contribution < -0.4 is 5.56 Å². The molecule has 0 N–H and O–H groups in total. The van der Waals surface area contributed by atoms with Gasteiger partial charge in [0.1, 0.15) is 23.3 Å². The van der Waals surface area contributed by atoms with Gasteiger partial charge in [0.25, 0.3) is 5.56 Å². The van der Waals surface area contributed by atoms with E-state index in [9.17, 15) is 9.59 Å². The third-order valence-corrected chi connectivity index (χ3v) is 6.50. The van der Waals surface area contributed by atoms with Gasteiger partial charge >= 0.3 is 5.97 Å². The zero-order valence-electron chi connectivity index (χ0n) is 16.6. The van der Waals surface area contributed by atoms with E-state index in [4.69, 9.17) is 14.5 Å². The normalized spacial score (nSPS) is 14.6. The van der Waals surface area contributed by atoms with Crippen LogP contribution in [0.15, 0.2) is 35.1 Å². The van der Waals surface area contributed by atoms with E-state index in [2.05, 4.69) is 0 Å². The highest BCUT2D eigenvalue weighted by Gasteiger charge is 2.27. The average molecular weight is 413 g/mol. The van der Waals surface area contributed by atoms with Crippen molar-refractivity contribution < 1.29 is 14.3 Å². The summed E-state index contributed by atoms with van der Waals surface area (Å²) in [6.07, 6.45) is 4.10. The molecular weight excluding hydrogens is 388 g/mol. The molecule has 2 heterocycles. The van der Waals surface area contributed by atoms with Gasteiger partial charge in [-0.1, -0.05) is 30.3 Å². The van der Waals surface area contributed by atoms with Gasteiger partial charge in [-0.05, 0) is 38.2 Å². The molecule has 1 atom stereocenters. The summed E-state index contributed by atoms with van der Waals surface area (Å²) in [6, 6.07) is 8.73. The Labute approximate surface area is 173 Å². The number of fused-ring (bicyclic) bond motifs is 3. The fourth-order valence-corrected chi connectivity index (χ4v) is 5.07. The van der Waals surface area contributed by atoms with Gasteiger partial charge in [0.05, 0.1) is 12.0 Å². The van der Waals surface area contributed by atoms with E-state index in [0.29, 0.717) is 17.8 Å². The second-order valence-corrected chi connectivity index (χ2v) is 8.29. The van der Waals surface area contributed by atoms with Crippen molar-refractivity contribution in [1.82, 2.24) is 9.55 Å². The number of rotatable bonds is 6. The first-order valence-electron chi connectivity index (χ1n) is 9.89. The van der Waals surface area contributed by atoms with E-state index in [1.165, 1.54) is 9.44 Å². The summed E-state index contributed by atoms with van der Waals surface area (Å²) in [5.41, 5.74) is 1.75. The summed E-state index contributed by atoms with van der Waals surface area (Å²) in [6.45, 7) is 2.15. The molecule has 1 unspecified atom stereocenters. The number of carbonyl (C=O) groups excluding carboxylic acids is 1. The van der Waals surface area contributed by atoms with Crippen molar-refractivity contribution in [2.45, 2.75) is 38.6 Å². The molecule has 3 aromatic rings. The Kier molecular flexibility index (Phi) is 5.78. The van der Waals surface area contributed by atoms with Crippen LogP contribution in [0.25, 0.3) is 21.6 Å². The molecule has 0 radical (unpaired) electrons. The number of aromatic nitrogens is 2. The fourth-order valence-electron chi connectivity index (χ4n) is 3.82. The number of hydrogen-bond donors (Lipinski definition) is 0. The lowest BCUT2D eigenvalue weighted by Gasteiger charge is -2.19. The first-order valence-corrected chi connectivity index (χ1v) is 10.7. The number of hydrogen-bond acceptors (Lipinski definition) is 6. The third-order valence-electron chi connectivity index (χ3n) is 5.31. The number of ether oxygens (including phenoxy) is 2. The number of aryl methyl sites for hydroxylation is 2. The summed E-state index contributed by atoms with van der Waals surface area (Å²) >= 11 is 1.61. The lowest BCUT2D eigenvalue weighted by atomic mass is 9.97. The number of benzene rings is 1. The molecule has 0 bridgehead atoms. The Balaban J connectivity index is 1.89. The molecule has 0 saturated carbocycles. The minimum Gasteiger partial charge on any atom is -0.462 e. The van der Waals surface area contributed by atoms with Crippen LogP contribution in [0.4, 0.5) is 0 Å². The van der Waals surface area contributed by atoms with Gasteiger partial charge in [0.15, 0.2) is 0 Å². The van der Waals surface area contributed by atoms with Crippen LogP contribution in [0.2, 0.25) is 0 Å². The van der Waals surface area contributed by atoms with Gasteiger partial charge in [-0.2, -0.15) is 0 Å². The second kappa shape index (κ2) is 8.47. The Morgan fingerprint density at radius 3 is 2.72 bits per heavy atom. The molecule has 152 valence electrons. The Bertz CT molecular complexity index is 1090. The van der Waals surface area contributed by atoms with E-state index in [1.807, 2.05) is 30.3 Å². The Hall–Kier alpha value is -2.51. The highest BCUT2D eigenvalue weighted by atomic mass is 32.1. The Morgan fingerprint density at radius 1 is 1.21 bits per heavy atom. The van der Waals surface area contributed by atoms with Gasteiger partial charge in [0.2, 0.25) is 0 Å². The predicted molar refractivity (Wildman–Crippen MR) is 114 cm³/mol. The number of nitrogens with zero attached hydrogens (tertiary/aromatic N) is 2. The van der Waals surface area contributed by atoms with Gasteiger partial charge in [0, 0.05) is 17.6 Å². The van der Waals surface area contributed by atoms with Crippen LogP contribution in [0.3, 0.4) is 0 Å². The molecule has 7 heteroatoms. The van der Waals surface area contributed by atoms with Crippen LogP contribution in [-0.4, -0.2) is 35.8 Å². The first kappa shape index (κ1) is 19.8. The molecule has 29 heavy (non-hydrogen) atoms. The number of carbonyl (C=O) groups is 1. The van der Waals surface area contributed by atoms with Gasteiger partial charge in [-0.3, -0.25) is 9.36 Å². The van der Waals surface area contributed by atoms with Crippen LogP contribution in [0, 0.1) is 0 Å². The van der Waals surface area contributed by atoms with E-state index < -0.39 is 12.0 Å². The lowest BCUT2D eigenvalue weighted by Crippen LogP contribution is -2.32. The molecule has 1 aliphatic carbocycles. The van der Waals surface area contributed by atoms with Crippen LogP contribution in [0.1, 0.15) is 36.2 Å². The van der Waals surface area contributed by atoms with Gasteiger partial charge in [-0.25, -0.2) is 9.78 Å². The lowest BCUT2D eigenvalue weighted by molar-refractivity contribution is -0.148. The fraction of sp³-hybridized carbons (Fsp3) is 0.409. The molecule has 0 fully saturated rings. The zero-order chi connectivity index (χ0) is 20.4. The average Bonchev–Trinajstić information content (AvgIpc) is 3.12. The van der Waals surface area contributed by atoms with E-state index in [0.717, 1.165) is 41.6 Å². The summed E-state index contributed by atoms with van der Waals surface area (Å²) < 4.78 is 11.7. The van der Waals surface area contributed by atoms with E-state index in [-0.39, 0.29) is 12.2 Å². The first-order chi connectivity index (χ1) is 14.1. The molecule has 6 nitrogen and oxygen atoms in total. The van der Waals surface area contributed by atoms with Crippen molar-refractivity contribution in [2.75, 3.05) is 20.3 Å². The topological polar surface area (TPSA) is 70.4 Å². The molecule has 0 amide bonds. The van der Waals surface area contributed by atoms with Gasteiger partial charge < -0.3 is 9.47 Å². The molecule has 1 aliphatic rings. The molecule has 1 aromatic carbocycles. The standard InChI is InChI=1S/C22H24N2O4S/c1-14(22(26)28-13-12-27-2)24-19(15-8-4-3-5-9-15)23-20-18(21(24)25)16-10-6-7-11-17(16)29-20/h3-5,8-9,14H,6-7,10-13H2,1-2H3. The zero-order valence-corrected chi connectivity index (χ0v) is 17.5. The molecule has 0 aliphatic heterocycles.